The quantitative estimate of drug-likeness (QED) is 0.563. The second-order valence-corrected chi connectivity index (χ2v) is 8.95. The topological polar surface area (TPSA) is 75.3 Å². The predicted octanol–water partition coefficient (Wildman–Crippen LogP) is 4.99. The molecule has 156 valence electrons. The van der Waals surface area contributed by atoms with Crippen molar-refractivity contribution in [2.45, 2.75) is 38.1 Å². The second kappa shape index (κ2) is 9.13. The Kier molecular flexibility index (Phi) is 6.57. The van der Waals surface area contributed by atoms with Crippen LogP contribution < -0.4 is 10.0 Å². The highest BCUT2D eigenvalue weighted by atomic mass is 32.2. The number of sulfonamides is 1. The monoisotopic (exact) mass is 422 g/mol. The third-order valence-corrected chi connectivity index (χ3v) is 6.48. The summed E-state index contributed by atoms with van der Waals surface area (Å²) in [5.41, 5.74) is 3.40. The largest absolute Gasteiger partial charge is 0.345 e. The Bertz CT molecular complexity index is 1120. The van der Waals surface area contributed by atoms with Crippen LogP contribution in [0.3, 0.4) is 0 Å². The second-order valence-electron chi connectivity index (χ2n) is 7.30. The molecule has 1 atom stereocenters. The fourth-order valence-electron chi connectivity index (χ4n) is 3.21. The Hall–Kier alpha value is -3.12. The Morgan fingerprint density at radius 2 is 1.60 bits per heavy atom. The van der Waals surface area contributed by atoms with E-state index in [-0.39, 0.29) is 16.8 Å². The summed E-state index contributed by atoms with van der Waals surface area (Å²) >= 11 is 0. The van der Waals surface area contributed by atoms with Gasteiger partial charge in [-0.15, -0.1) is 0 Å². The number of rotatable bonds is 7. The maximum absolute atomic E-state index is 12.9. The van der Waals surface area contributed by atoms with Crippen LogP contribution in [0.5, 0.6) is 0 Å². The van der Waals surface area contributed by atoms with Gasteiger partial charge in [0, 0.05) is 11.3 Å². The van der Waals surface area contributed by atoms with Crippen LogP contribution in [0.25, 0.3) is 0 Å². The molecule has 1 amide bonds. The van der Waals surface area contributed by atoms with Crippen LogP contribution in [0, 0.1) is 13.8 Å². The molecule has 3 aromatic carbocycles. The van der Waals surface area contributed by atoms with Crippen molar-refractivity contribution in [3.63, 3.8) is 0 Å². The van der Waals surface area contributed by atoms with Crippen LogP contribution in [-0.2, 0) is 10.0 Å². The first kappa shape index (κ1) is 21.6. The van der Waals surface area contributed by atoms with Crippen molar-refractivity contribution in [1.29, 1.82) is 0 Å². The molecule has 0 bridgehead atoms. The van der Waals surface area contributed by atoms with Gasteiger partial charge in [-0.05, 0) is 55.7 Å². The average molecular weight is 423 g/mol. The lowest BCUT2D eigenvalue weighted by atomic mass is 10.0. The van der Waals surface area contributed by atoms with Gasteiger partial charge in [-0.2, -0.15) is 0 Å². The molecule has 3 rings (SSSR count). The Labute approximate surface area is 178 Å². The zero-order chi connectivity index (χ0) is 21.7. The normalized spacial score (nSPS) is 12.2. The molecule has 0 saturated carbocycles. The Morgan fingerprint density at radius 3 is 2.23 bits per heavy atom. The minimum Gasteiger partial charge on any atom is -0.345 e. The maximum atomic E-state index is 12.9. The van der Waals surface area contributed by atoms with E-state index in [0.29, 0.717) is 16.8 Å². The molecular formula is C24H26N2O3S. The molecule has 0 aliphatic heterocycles. The molecule has 0 radical (unpaired) electrons. The number of amides is 1. The number of carbonyl (C=O) groups excluding carboxylic acids is 1. The molecule has 3 aromatic rings. The van der Waals surface area contributed by atoms with Gasteiger partial charge in [-0.3, -0.25) is 9.52 Å². The van der Waals surface area contributed by atoms with Gasteiger partial charge in [-0.25, -0.2) is 8.42 Å². The Morgan fingerprint density at radius 1 is 0.933 bits per heavy atom. The van der Waals surface area contributed by atoms with Crippen molar-refractivity contribution in [3.8, 4) is 0 Å². The van der Waals surface area contributed by atoms with Gasteiger partial charge in [-0.1, -0.05) is 61.0 Å². The van der Waals surface area contributed by atoms with E-state index in [1.54, 1.807) is 31.2 Å². The number of aryl methyl sites for hydroxylation is 2. The molecular weight excluding hydrogens is 396 g/mol. The summed E-state index contributed by atoms with van der Waals surface area (Å²) < 4.78 is 28.5. The van der Waals surface area contributed by atoms with Crippen molar-refractivity contribution in [2.75, 3.05) is 4.72 Å². The van der Waals surface area contributed by atoms with E-state index in [4.69, 9.17) is 0 Å². The smallest absolute Gasteiger partial charge is 0.262 e. The number of nitrogens with one attached hydrogen (secondary N) is 2. The first-order chi connectivity index (χ1) is 14.3. The summed E-state index contributed by atoms with van der Waals surface area (Å²) in [6, 6.07) is 21.4. The van der Waals surface area contributed by atoms with Crippen molar-refractivity contribution in [3.05, 3.63) is 95.1 Å². The van der Waals surface area contributed by atoms with Crippen molar-refractivity contribution >= 4 is 21.6 Å². The fourth-order valence-corrected chi connectivity index (χ4v) is 4.54. The van der Waals surface area contributed by atoms with Crippen LogP contribution >= 0.6 is 0 Å². The molecule has 0 aromatic heterocycles. The SMILES string of the molecule is CC[C@@H](NC(=O)c1ccc(C)c(S(=O)(=O)Nc2ccc(C)cc2)c1)c1ccccc1. The molecule has 0 aliphatic carbocycles. The van der Waals surface area contributed by atoms with E-state index in [1.165, 1.54) is 6.07 Å². The molecule has 6 heteroatoms. The summed E-state index contributed by atoms with van der Waals surface area (Å²) in [7, 11) is -3.83. The summed E-state index contributed by atoms with van der Waals surface area (Å²) in [6.45, 7) is 5.64. The third-order valence-electron chi connectivity index (χ3n) is 4.96. The molecule has 0 saturated heterocycles. The molecule has 0 heterocycles. The lowest BCUT2D eigenvalue weighted by Gasteiger charge is -2.18. The summed E-state index contributed by atoms with van der Waals surface area (Å²) in [4.78, 5) is 12.9. The Balaban J connectivity index is 1.85. The van der Waals surface area contributed by atoms with Gasteiger partial charge in [0.25, 0.3) is 15.9 Å². The number of hydrogen-bond acceptors (Lipinski definition) is 3. The lowest BCUT2D eigenvalue weighted by molar-refractivity contribution is 0.0935. The number of carbonyl (C=O) groups is 1. The average Bonchev–Trinajstić information content (AvgIpc) is 2.74. The van der Waals surface area contributed by atoms with Gasteiger partial charge in [0.15, 0.2) is 0 Å². The van der Waals surface area contributed by atoms with Crippen LogP contribution in [0.4, 0.5) is 5.69 Å². The number of benzene rings is 3. The van der Waals surface area contributed by atoms with Crippen LogP contribution in [-0.4, -0.2) is 14.3 Å². The molecule has 0 spiro atoms. The molecule has 0 aliphatic rings. The van der Waals surface area contributed by atoms with E-state index in [2.05, 4.69) is 10.0 Å². The molecule has 30 heavy (non-hydrogen) atoms. The first-order valence-electron chi connectivity index (χ1n) is 9.86. The van der Waals surface area contributed by atoms with Crippen molar-refractivity contribution < 1.29 is 13.2 Å². The highest BCUT2D eigenvalue weighted by Gasteiger charge is 2.21. The van der Waals surface area contributed by atoms with Crippen LogP contribution in [0.2, 0.25) is 0 Å². The number of anilines is 1. The maximum Gasteiger partial charge on any atom is 0.262 e. The van der Waals surface area contributed by atoms with Crippen LogP contribution in [0.15, 0.2) is 77.7 Å². The predicted molar refractivity (Wildman–Crippen MR) is 120 cm³/mol. The van der Waals surface area contributed by atoms with E-state index in [1.807, 2.05) is 56.3 Å². The lowest BCUT2D eigenvalue weighted by Crippen LogP contribution is -2.28. The molecule has 2 N–H and O–H groups in total. The minimum absolute atomic E-state index is 0.0866. The van der Waals surface area contributed by atoms with E-state index in [0.717, 1.165) is 17.5 Å². The van der Waals surface area contributed by atoms with Crippen LogP contribution in [0.1, 0.15) is 46.4 Å². The summed E-state index contributed by atoms with van der Waals surface area (Å²) in [6.07, 6.45) is 0.724. The highest BCUT2D eigenvalue weighted by molar-refractivity contribution is 7.92. The first-order valence-corrected chi connectivity index (χ1v) is 11.3. The number of hydrogen-bond donors (Lipinski definition) is 2. The molecule has 0 fully saturated rings. The van der Waals surface area contributed by atoms with E-state index < -0.39 is 10.0 Å². The summed E-state index contributed by atoms with van der Waals surface area (Å²) in [5.74, 6) is -0.308. The van der Waals surface area contributed by atoms with E-state index in [9.17, 15) is 13.2 Å². The zero-order valence-corrected chi connectivity index (χ0v) is 18.2. The van der Waals surface area contributed by atoms with E-state index >= 15 is 0 Å². The van der Waals surface area contributed by atoms with Gasteiger partial charge in [0.2, 0.25) is 0 Å². The summed E-state index contributed by atoms with van der Waals surface area (Å²) in [5, 5.41) is 3.00. The highest BCUT2D eigenvalue weighted by Crippen LogP contribution is 2.22. The fraction of sp³-hybridized carbons (Fsp3) is 0.208. The molecule has 0 unspecified atom stereocenters. The third kappa shape index (κ3) is 5.07. The standard InChI is InChI=1S/C24H26N2O3S/c1-4-22(19-8-6-5-7-9-19)25-24(27)20-13-12-18(3)23(16-20)30(28,29)26-21-14-10-17(2)11-15-21/h5-16,22,26H,4H2,1-3H3,(H,25,27)/t22-/m1/s1. The minimum atomic E-state index is -3.83. The van der Waals surface area contributed by atoms with Gasteiger partial charge < -0.3 is 5.32 Å². The van der Waals surface area contributed by atoms with Crippen molar-refractivity contribution in [2.24, 2.45) is 0 Å². The van der Waals surface area contributed by atoms with Gasteiger partial charge >= 0.3 is 0 Å². The zero-order valence-electron chi connectivity index (χ0n) is 17.3. The molecule has 5 nitrogen and oxygen atoms in total. The van der Waals surface area contributed by atoms with Gasteiger partial charge in [0.1, 0.15) is 0 Å². The van der Waals surface area contributed by atoms with Gasteiger partial charge in [0.05, 0.1) is 10.9 Å². The van der Waals surface area contributed by atoms with Crippen molar-refractivity contribution in [1.82, 2.24) is 5.32 Å².